The molecule has 1 aromatic carbocycles. The standard InChI is InChI=1S/C20H22N4O2/c1-3-26-17-6-4-15(5-7-17)11-20(25)23-9-8-18-16(13-23)12-21-19-10-14(2)22-24(18)19/h4-7,10,12H,3,8-9,11,13H2,1-2H3. The van der Waals surface area contributed by atoms with Crippen LogP contribution in [0.1, 0.15) is 29.4 Å². The van der Waals surface area contributed by atoms with Crippen molar-refractivity contribution >= 4 is 11.6 Å². The zero-order valence-electron chi connectivity index (χ0n) is 15.1. The van der Waals surface area contributed by atoms with Crippen LogP contribution in [0.4, 0.5) is 0 Å². The zero-order valence-corrected chi connectivity index (χ0v) is 15.1. The lowest BCUT2D eigenvalue weighted by molar-refractivity contribution is -0.131. The minimum absolute atomic E-state index is 0.136. The van der Waals surface area contributed by atoms with Crippen LogP contribution in [0.2, 0.25) is 0 Å². The molecule has 0 saturated carbocycles. The van der Waals surface area contributed by atoms with E-state index < -0.39 is 0 Å². The lowest BCUT2D eigenvalue weighted by Gasteiger charge is -2.29. The molecule has 4 rings (SSSR count). The molecule has 2 aromatic heterocycles. The fourth-order valence-electron chi connectivity index (χ4n) is 3.42. The summed E-state index contributed by atoms with van der Waals surface area (Å²) in [5.74, 6) is 0.969. The summed E-state index contributed by atoms with van der Waals surface area (Å²) in [7, 11) is 0. The van der Waals surface area contributed by atoms with Gasteiger partial charge >= 0.3 is 0 Å². The number of aromatic nitrogens is 3. The maximum Gasteiger partial charge on any atom is 0.227 e. The first kappa shape index (κ1) is 16.6. The predicted octanol–water partition coefficient (Wildman–Crippen LogP) is 2.56. The molecule has 26 heavy (non-hydrogen) atoms. The van der Waals surface area contributed by atoms with Crippen molar-refractivity contribution in [3.63, 3.8) is 0 Å². The van der Waals surface area contributed by atoms with E-state index in [1.165, 1.54) is 0 Å². The van der Waals surface area contributed by atoms with Crippen LogP contribution < -0.4 is 4.74 Å². The van der Waals surface area contributed by atoms with E-state index >= 15 is 0 Å². The van der Waals surface area contributed by atoms with Crippen LogP contribution >= 0.6 is 0 Å². The van der Waals surface area contributed by atoms with Gasteiger partial charge in [-0.1, -0.05) is 12.1 Å². The summed E-state index contributed by atoms with van der Waals surface area (Å²) in [5.41, 5.74) is 5.07. The smallest absolute Gasteiger partial charge is 0.227 e. The van der Waals surface area contributed by atoms with Gasteiger partial charge in [0.2, 0.25) is 5.91 Å². The summed E-state index contributed by atoms with van der Waals surface area (Å²) in [4.78, 5) is 19.1. The highest BCUT2D eigenvalue weighted by molar-refractivity contribution is 5.79. The first-order valence-electron chi connectivity index (χ1n) is 8.96. The highest BCUT2D eigenvalue weighted by Gasteiger charge is 2.23. The molecular formula is C20H22N4O2. The van der Waals surface area contributed by atoms with E-state index in [1.807, 2.05) is 59.8 Å². The summed E-state index contributed by atoms with van der Waals surface area (Å²) in [6.45, 7) is 5.87. The number of amides is 1. The van der Waals surface area contributed by atoms with Crippen molar-refractivity contribution in [3.05, 3.63) is 59.0 Å². The molecule has 0 spiro atoms. The minimum atomic E-state index is 0.136. The van der Waals surface area contributed by atoms with Crippen LogP contribution in [-0.4, -0.2) is 38.6 Å². The number of carbonyl (C=O) groups is 1. The third-order valence-corrected chi connectivity index (χ3v) is 4.71. The van der Waals surface area contributed by atoms with Gasteiger partial charge in [0.1, 0.15) is 5.75 Å². The number of aryl methyl sites for hydroxylation is 1. The van der Waals surface area contributed by atoms with Gasteiger partial charge in [-0.2, -0.15) is 5.10 Å². The number of carbonyl (C=O) groups excluding carboxylic acids is 1. The monoisotopic (exact) mass is 350 g/mol. The normalized spacial score (nSPS) is 13.7. The SMILES string of the molecule is CCOc1ccc(CC(=O)N2CCc3c(cnc4cc(C)nn34)C2)cc1. The van der Waals surface area contributed by atoms with Crippen LogP contribution in [0, 0.1) is 6.92 Å². The summed E-state index contributed by atoms with van der Waals surface area (Å²) in [6, 6.07) is 9.72. The maximum atomic E-state index is 12.7. The Kier molecular flexibility index (Phi) is 4.32. The topological polar surface area (TPSA) is 59.7 Å². The Balaban J connectivity index is 1.47. The molecule has 6 nitrogen and oxygen atoms in total. The molecule has 0 unspecified atom stereocenters. The van der Waals surface area contributed by atoms with Crippen molar-refractivity contribution in [1.29, 1.82) is 0 Å². The van der Waals surface area contributed by atoms with Crippen LogP contribution in [-0.2, 0) is 24.2 Å². The Morgan fingerprint density at radius 3 is 2.85 bits per heavy atom. The van der Waals surface area contributed by atoms with Crippen molar-refractivity contribution < 1.29 is 9.53 Å². The quantitative estimate of drug-likeness (QED) is 0.726. The summed E-state index contributed by atoms with van der Waals surface area (Å²) in [5, 5.41) is 4.53. The number of hydrogen-bond acceptors (Lipinski definition) is 4. The van der Waals surface area contributed by atoms with Crippen LogP contribution in [0.3, 0.4) is 0 Å². The van der Waals surface area contributed by atoms with Gasteiger partial charge in [-0.25, -0.2) is 9.50 Å². The van der Waals surface area contributed by atoms with Crippen LogP contribution in [0.15, 0.2) is 36.5 Å². The van der Waals surface area contributed by atoms with Gasteiger partial charge in [0.05, 0.1) is 24.4 Å². The van der Waals surface area contributed by atoms with Gasteiger partial charge in [0.15, 0.2) is 5.65 Å². The Bertz CT molecular complexity index is 946. The van der Waals surface area contributed by atoms with Crippen molar-refractivity contribution in [2.45, 2.75) is 33.2 Å². The minimum Gasteiger partial charge on any atom is -0.494 e. The third-order valence-electron chi connectivity index (χ3n) is 4.71. The second-order valence-electron chi connectivity index (χ2n) is 6.60. The average Bonchev–Trinajstić information content (AvgIpc) is 3.04. The lowest BCUT2D eigenvalue weighted by atomic mass is 10.1. The Morgan fingerprint density at radius 2 is 2.08 bits per heavy atom. The molecule has 0 radical (unpaired) electrons. The van der Waals surface area contributed by atoms with Gasteiger partial charge < -0.3 is 9.64 Å². The summed E-state index contributed by atoms with van der Waals surface area (Å²) in [6.07, 6.45) is 3.07. The highest BCUT2D eigenvalue weighted by Crippen LogP contribution is 2.21. The van der Waals surface area contributed by atoms with E-state index in [4.69, 9.17) is 4.74 Å². The molecule has 0 saturated heterocycles. The number of hydrogen-bond donors (Lipinski definition) is 0. The van der Waals surface area contributed by atoms with Gasteiger partial charge in [0.25, 0.3) is 0 Å². The number of fused-ring (bicyclic) bond motifs is 3. The molecule has 134 valence electrons. The Morgan fingerprint density at radius 1 is 1.27 bits per heavy atom. The zero-order chi connectivity index (χ0) is 18.1. The second-order valence-corrected chi connectivity index (χ2v) is 6.60. The van der Waals surface area contributed by atoms with E-state index in [2.05, 4.69) is 10.1 Å². The fraction of sp³-hybridized carbons (Fsp3) is 0.350. The van der Waals surface area contributed by atoms with Gasteiger partial charge in [-0.3, -0.25) is 4.79 Å². The molecule has 0 atom stereocenters. The third kappa shape index (κ3) is 3.14. The molecule has 1 amide bonds. The summed E-state index contributed by atoms with van der Waals surface area (Å²) >= 11 is 0. The van der Waals surface area contributed by atoms with Crippen molar-refractivity contribution in [2.75, 3.05) is 13.2 Å². The summed E-state index contributed by atoms with van der Waals surface area (Å²) < 4.78 is 7.36. The van der Waals surface area contributed by atoms with E-state index in [0.717, 1.165) is 40.3 Å². The predicted molar refractivity (Wildman–Crippen MR) is 98.2 cm³/mol. The second kappa shape index (κ2) is 6.78. The van der Waals surface area contributed by atoms with Gasteiger partial charge in [-0.15, -0.1) is 0 Å². The first-order chi connectivity index (χ1) is 12.6. The molecule has 3 heterocycles. The molecule has 6 heteroatoms. The molecule has 1 aliphatic heterocycles. The Labute approximate surface area is 152 Å². The Hall–Kier alpha value is -2.89. The van der Waals surface area contributed by atoms with E-state index in [1.54, 1.807) is 0 Å². The molecule has 0 bridgehead atoms. The van der Waals surface area contributed by atoms with Crippen molar-refractivity contribution in [1.82, 2.24) is 19.5 Å². The molecule has 0 N–H and O–H groups in total. The molecule has 3 aromatic rings. The average molecular weight is 350 g/mol. The van der Waals surface area contributed by atoms with E-state index in [9.17, 15) is 4.79 Å². The van der Waals surface area contributed by atoms with Crippen molar-refractivity contribution in [3.8, 4) is 5.75 Å². The molecule has 0 aliphatic carbocycles. The molecular weight excluding hydrogens is 328 g/mol. The van der Waals surface area contributed by atoms with E-state index in [0.29, 0.717) is 26.1 Å². The molecule has 0 fully saturated rings. The van der Waals surface area contributed by atoms with Crippen LogP contribution in [0.5, 0.6) is 5.75 Å². The van der Waals surface area contributed by atoms with Gasteiger partial charge in [0, 0.05) is 37.3 Å². The highest BCUT2D eigenvalue weighted by atomic mass is 16.5. The lowest BCUT2D eigenvalue weighted by Crippen LogP contribution is -2.37. The van der Waals surface area contributed by atoms with Crippen molar-refractivity contribution in [2.24, 2.45) is 0 Å². The first-order valence-corrected chi connectivity index (χ1v) is 8.96. The fourth-order valence-corrected chi connectivity index (χ4v) is 3.42. The number of benzene rings is 1. The number of nitrogens with zero attached hydrogens (tertiary/aromatic N) is 4. The van der Waals surface area contributed by atoms with E-state index in [-0.39, 0.29) is 5.91 Å². The largest absolute Gasteiger partial charge is 0.494 e. The maximum absolute atomic E-state index is 12.7. The number of rotatable bonds is 4. The van der Waals surface area contributed by atoms with Gasteiger partial charge in [-0.05, 0) is 31.5 Å². The van der Waals surface area contributed by atoms with Crippen LogP contribution in [0.25, 0.3) is 5.65 Å². The molecule has 1 aliphatic rings. The number of ether oxygens (including phenoxy) is 1.